The Morgan fingerprint density at radius 1 is 1.36 bits per heavy atom. The van der Waals surface area contributed by atoms with Crippen LogP contribution in [-0.2, 0) is 0 Å². The number of hydrogen-bond acceptors (Lipinski definition) is 0. The van der Waals surface area contributed by atoms with Crippen molar-refractivity contribution in [2.75, 3.05) is 6.67 Å². The molecular formula is C13H23F. The molecule has 0 aromatic carbocycles. The fourth-order valence-corrected chi connectivity index (χ4v) is 1.53. The van der Waals surface area contributed by atoms with Crippen molar-refractivity contribution in [2.45, 2.75) is 46.5 Å². The van der Waals surface area contributed by atoms with Gasteiger partial charge in [-0.25, -0.2) is 4.39 Å². The summed E-state index contributed by atoms with van der Waals surface area (Å²) in [7, 11) is 0. The van der Waals surface area contributed by atoms with Gasteiger partial charge in [0, 0.05) is 0 Å². The molecule has 82 valence electrons. The molecule has 14 heavy (non-hydrogen) atoms. The lowest BCUT2D eigenvalue weighted by Crippen LogP contribution is -1.97. The summed E-state index contributed by atoms with van der Waals surface area (Å²) in [4.78, 5) is 0. The van der Waals surface area contributed by atoms with Crippen molar-refractivity contribution in [3.05, 3.63) is 23.8 Å². The topological polar surface area (TPSA) is 0 Å². The average molecular weight is 198 g/mol. The van der Waals surface area contributed by atoms with E-state index >= 15 is 0 Å². The Morgan fingerprint density at radius 3 is 2.57 bits per heavy atom. The summed E-state index contributed by atoms with van der Waals surface area (Å²) in [5.74, 6) is 0.567. The van der Waals surface area contributed by atoms with Crippen LogP contribution >= 0.6 is 0 Å². The molecule has 0 aliphatic rings. The number of allylic oxidation sites excluding steroid dienone is 4. The predicted molar refractivity (Wildman–Crippen MR) is 62.2 cm³/mol. The van der Waals surface area contributed by atoms with Crippen LogP contribution in [0.25, 0.3) is 0 Å². The minimum atomic E-state index is -0.360. The van der Waals surface area contributed by atoms with Crippen molar-refractivity contribution in [1.29, 1.82) is 0 Å². The van der Waals surface area contributed by atoms with Gasteiger partial charge in [0.1, 0.15) is 6.67 Å². The van der Waals surface area contributed by atoms with Crippen LogP contribution in [0.2, 0.25) is 0 Å². The first-order chi connectivity index (χ1) is 6.76. The highest BCUT2D eigenvalue weighted by Gasteiger charge is 2.04. The number of unbranched alkanes of at least 4 members (excludes halogenated alkanes) is 1. The molecule has 0 saturated carbocycles. The first kappa shape index (κ1) is 13.4. The summed E-state index contributed by atoms with van der Waals surface area (Å²) in [5.41, 5.74) is 1.29. The van der Waals surface area contributed by atoms with Gasteiger partial charge in [0.25, 0.3) is 0 Å². The summed E-state index contributed by atoms with van der Waals surface area (Å²) in [6, 6.07) is 0. The van der Waals surface area contributed by atoms with E-state index in [4.69, 9.17) is 0 Å². The zero-order valence-electron chi connectivity index (χ0n) is 9.72. The molecule has 1 unspecified atom stereocenters. The van der Waals surface area contributed by atoms with Crippen molar-refractivity contribution in [2.24, 2.45) is 5.92 Å². The van der Waals surface area contributed by atoms with E-state index in [1.54, 1.807) is 6.08 Å². The monoisotopic (exact) mass is 198 g/mol. The zero-order chi connectivity index (χ0) is 10.8. The maximum Gasteiger partial charge on any atom is 0.108 e. The normalized spacial score (nSPS) is 15.0. The molecule has 0 N–H and O–H groups in total. The third-order valence-electron chi connectivity index (χ3n) is 2.40. The molecule has 0 rings (SSSR count). The van der Waals surface area contributed by atoms with Crippen LogP contribution in [0.5, 0.6) is 0 Å². The summed E-state index contributed by atoms with van der Waals surface area (Å²) >= 11 is 0. The lowest BCUT2D eigenvalue weighted by atomic mass is 9.94. The van der Waals surface area contributed by atoms with Crippen LogP contribution in [0.4, 0.5) is 4.39 Å². The Morgan fingerprint density at radius 2 is 2.07 bits per heavy atom. The Balaban J connectivity index is 4.18. The van der Waals surface area contributed by atoms with E-state index in [-0.39, 0.29) is 6.67 Å². The first-order valence-corrected chi connectivity index (χ1v) is 5.68. The summed E-state index contributed by atoms with van der Waals surface area (Å²) in [6.45, 7) is 6.18. The lowest BCUT2D eigenvalue weighted by Gasteiger charge is -2.12. The highest BCUT2D eigenvalue weighted by molar-refractivity contribution is 5.21. The summed E-state index contributed by atoms with van der Waals surface area (Å²) < 4.78 is 12.0. The van der Waals surface area contributed by atoms with Crippen LogP contribution < -0.4 is 0 Å². The molecule has 0 radical (unpaired) electrons. The highest BCUT2D eigenvalue weighted by atomic mass is 19.1. The SMILES string of the molecule is CC/C=C(\C=C/CF)C(C)CCCC. The Bertz CT molecular complexity index is 180. The maximum atomic E-state index is 12.0. The van der Waals surface area contributed by atoms with Gasteiger partial charge in [-0.15, -0.1) is 0 Å². The second kappa shape index (κ2) is 8.98. The molecule has 0 fully saturated rings. The minimum Gasteiger partial charge on any atom is -0.247 e. The van der Waals surface area contributed by atoms with Gasteiger partial charge >= 0.3 is 0 Å². The van der Waals surface area contributed by atoms with Gasteiger partial charge in [0.05, 0.1) is 0 Å². The molecule has 1 heteroatoms. The Kier molecular flexibility index (Phi) is 8.61. The fraction of sp³-hybridized carbons (Fsp3) is 0.692. The van der Waals surface area contributed by atoms with Gasteiger partial charge in [0.15, 0.2) is 0 Å². The maximum absolute atomic E-state index is 12.0. The number of hydrogen-bond donors (Lipinski definition) is 0. The molecule has 0 aromatic heterocycles. The summed E-state index contributed by atoms with van der Waals surface area (Å²) in [5, 5.41) is 0. The molecule has 1 atom stereocenters. The largest absolute Gasteiger partial charge is 0.247 e. The first-order valence-electron chi connectivity index (χ1n) is 5.68. The van der Waals surface area contributed by atoms with Crippen molar-refractivity contribution in [1.82, 2.24) is 0 Å². The lowest BCUT2D eigenvalue weighted by molar-refractivity contribution is 0.557. The molecule has 0 bridgehead atoms. The molecule has 0 aliphatic heterocycles. The van der Waals surface area contributed by atoms with Crippen molar-refractivity contribution < 1.29 is 4.39 Å². The molecule has 0 heterocycles. The van der Waals surface area contributed by atoms with Crippen LogP contribution in [0, 0.1) is 5.92 Å². The van der Waals surface area contributed by atoms with Crippen LogP contribution in [-0.4, -0.2) is 6.67 Å². The summed E-state index contributed by atoms with van der Waals surface area (Å²) in [6.07, 6.45) is 10.5. The molecule has 0 spiro atoms. The van der Waals surface area contributed by atoms with Crippen LogP contribution in [0.1, 0.15) is 46.5 Å². The van der Waals surface area contributed by atoms with Gasteiger partial charge in [-0.1, -0.05) is 51.8 Å². The van der Waals surface area contributed by atoms with Crippen LogP contribution in [0.15, 0.2) is 23.8 Å². The molecular weight excluding hydrogens is 175 g/mol. The van der Waals surface area contributed by atoms with E-state index in [0.717, 1.165) is 6.42 Å². The average Bonchev–Trinajstić information content (AvgIpc) is 2.20. The molecule has 0 amide bonds. The van der Waals surface area contributed by atoms with E-state index in [1.165, 1.54) is 24.8 Å². The van der Waals surface area contributed by atoms with E-state index in [2.05, 4.69) is 26.8 Å². The van der Waals surface area contributed by atoms with Gasteiger partial charge in [-0.2, -0.15) is 0 Å². The predicted octanol–water partition coefficient (Wildman–Crippen LogP) is 4.67. The number of halogens is 1. The Labute approximate surface area is 87.9 Å². The quantitative estimate of drug-likeness (QED) is 0.521. The molecule has 0 nitrogen and oxygen atoms in total. The second-order valence-corrected chi connectivity index (χ2v) is 3.71. The van der Waals surface area contributed by atoms with Crippen molar-refractivity contribution in [3.8, 4) is 0 Å². The highest BCUT2D eigenvalue weighted by Crippen LogP contribution is 2.19. The fourth-order valence-electron chi connectivity index (χ4n) is 1.53. The van der Waals surface area contributed by atoms with E-state index in [0.29, 0.717) is 5.92 Å². The number of rotatable bonds is 7. The van der Waals surface area contributed by atoms with Gasteiger partial charge in [-0.3, -0.25) is 0 Å². The van der Waals surface area contributed by atoms with Crippen molar-refractivity contribution >= 4 is 0 Å². The third-order valence-corrected chi connectivity index (χ3v) is 2.40. The smallest absolute Gasteiger partial charge is 0.108 e. The second-order valence-electron chi connectivity index (χ2n) is 3.71. The van der Waals surface area contributed by atoms with E-state index in [9.17, 15) is 4.39 Å². The molecule has 0 saturated heterocycles. The van der Waals surface area contributed by atoms with Gasteiger partial charge in [0.2, 0.25) is 0 Å². The zero-order valence-corrected chi connectivity index (χ0v) is 9.72. The van der Waals surface area contributed by atoms with E-state index < -0.39 is 0 Å². The minimum absolute atomic E-state index is 0.360. The van der Waals surface area contributed by atoms with Gasteiger partial charge in [-0.05, 0) is 24.3 Å². The third kappa shape index (κ3) is 5.95. The molecule has 0 aromatic rings. The van der Waals surface area contributed by atoms with Gasteiger partial charge < -0.3 is 0 Å². The standard InChI is InChI=1S/C13H23F/c1-4-6-9-12(3)13(8-5-2)10-7-11-14/h7-8,10,12H,4-6,9,11H2,1-3H3/b10-7-,13-8+. The molecule has 0 aliphatic carbocycles. The van der Waals surface area contributed by atoms with Crippen molar-refractivity contribution in [3.63, 3.8) is 0 Å². The van der Waals surface area contributed by atoms with Crippen LogP contribution in [0.3, 0.4) is 0 Å². The Hall–Kier alpha value is -0.590. The van der Waals surface area contributed by atoms with E-state index in [1.807, 2.05) is 6.08 Å². The number of alkyl halides is 1.